The van der Waals surface area contributed by atoms with E-state index < -0.39 is 6.09 Å². The fourth-order valence-corrected chi connectivity index (χ4v) is 1.76. The van der Waals surface area contributed by atoms with Gasteiger partial charge in [0.15, 0.2) is 0 Å². The quantitative estimate of drug-likeness (QED) is 0.413. The molecule has 0 aliphatic rings. The highest BCUT2D eigenvalue weighted by Gasteiger charge is 2.17. The Hall–Kier alpha value is -3.09. The molecule has 2 aromatic carbocycles. The number of carbonyl (C=O) groups excluding carboxylic acids is 1. The number of nitrogens with two attached hydrogens (primary N) is 3. The van der Waals surface area contributed by atoms with Crippen LogP contribution in [0, 0.1) is 0 Å². The average Bonchev–Trinajstić information content (AvgIpc) is 2.37. The first-order valence-electron chi connectivity index (χ1n) is 5.57. The SMILES string of the molecule is NC(=O)Oc1ccc(N)c(O)c1-c1ccc(N)c(O)c1. The summed E-state index contributed by atoms with van der Waals surface area (Å²) < 4.78 is 4.82. The Morgan fingerprint density at radius 2 is 1.70 bits per heavy atom. The Kier molecular flexibility index (Phi) is 3.26. The number of anilines is 2. The van der Waals surface area contributed by atoms with Gasteiger partial charge in [-0.2, -0.15) is 0 Å². The lowest BCUT2D eigenvalue weighted by Gasteiger charge is -2.13. The van der Waals surface area contributed by atoms with Gasteiger partial charge in [-0.1, -0.05) is 6.07 Å². The molecular formula is C13H13N3O4. The van der Waals surface area contributed by atoms with E-state index in [0.717, 1.165) is 0 Å². The largest absolute Gasteiger partial charge is 0.506 e. The van der Waals surface area contributed by atoms with Crippen LogP contribution in [0.4, 0.5) is 16.2 Å². The molecule has 0 unspecified atom stereocenters. The molecule has 0 atom stereocenters. The van der Waals surface area contributed by atoms with E-state index in [-0.39, 0.29) is 34.2 Å². The Morgan fingerprint density at radius 1 is 1.05 bits per heavy atom. The van der Waals surface area contributed by atoms with Gasteiger partial charge >= 0.3 is 6.09 Å². The highest BCUT2D eigenvalue weighted by atomic mass is 16.5. The second kappa shape index (κ2) is 4.88. The van der Waals surface area contributed by atoms with E-state index in [9.17, 15) is 15.0 Å². The summed E-state index contributed by atoms with van der Waals surface area (Å²) in [5.74, 6) is -0.435. The number of rotatable bonds is 2. The number of primary amides is 1. The van der Waals surface area contributed by atoms with Crippen LogP contribution in [0.15, 0.2) is 30.3 Å². The van der Waals surface area contributed by atoms with Gasteiger partial charge in [0.25, 0.3) is 0 Å². The van der Waals surface area contributed by atoms with Crippen LogP contribution in [0.5, 0.6) is 17.2 Å². The van der Waals surface area contributed by atoms with E-state index in [1.54, 1.807) is 0 Å². The highest BCUT2D eigenvalue weighted by Crippen LogP contribution is 2.43. The normalized spacial score (nSPS) is 10.2. The third-order valence-corrected chi connectivity index (χ3v) is 2.70. The molecule has 0 bridgehead atoms. The Labute approximate surface area is 114 Å². The zero-order valence-electron chi connectivity index (χ0n) is 10.3. The molecule has 7 nitrogen and oxygen atoms in total. The fraction of sp³-hybridized carbons (Fsp3) is 0. The Bertz CT molecular complexity index is 686. The van der Waals surface area contributed by atoms with Gasteiger partial charge < -0.3 is 32.2 Å². The van der Waals surface area contributed by atoms with Crippen LogP contribution < -0.4 is 21.9 Å². The summed E-state index contributed by atoms with van der Waals surface area (Å²) in [4.78, 5) is 10.9. The number of hydrogen-bond donors (Lipinski definition) is 5. The number of nitrogen functional groups attached to an aromatic ring is 2. The second-order valence-corrected chi connectivity index (χ2v) is 4.07. The Morgan fingerprint density at radius 3 is 2.30 bits per heavy atom. The van der Waals surface area contributed by atoms with Crippen LogP contribution in [0.25, 0.3) is 11.1 Å². The summed E-state index contributed by atoms with van der Waals surface area (Å²) in [6.45, 7) is 0. The van der Waals surface area contributed by atoms with E-state index in [4.69, 9.17) is 21.9 Å². The molecule has 0 aromatic heterocycles. The molecule has 0 saturated heterocycles. The molecule has 0 aliphatic carbocycles. The maximum atomic E-state index is 10.9. The minimum absolute atomic E-state index is 0.0216. The molecule has 0 spiro atoms. The molecule has 2 rings (SSSR count). The maximum Gasteiger partial charge on any atom is 0.409 e. The first-order chi connectivity index (χ1) is 9.40. The summed E-state index contributed by atoms with van der Waals surface area (Å²) >= 11 is 0. The van der Waals surface area contributed by atoms with Crippen LogP contribution in [0.3, 0.4) is 0 Å². The summed E-state index contributed by atoms with van der Waals surface area (Å²) in [7, 11) is 0. The minimum atomic E-state index is -1.03. The lowest BCUT2D eigenvalue weighted by atomic mass is 10.0. The predicted octanol–water partition coefficient (Wildman–Crippen LogP) is 1.39. The van der Waals surface area contributed by atoms with Crippen LogP contribution >= 0.6 is 0 Å². The fourth-order valence-electron chi connectivity index (χ4n) is 1.76. The molecule has 20 heavy (non-hydrogen) atoms. The van der Waals surface area contributed by atoms with Crippen molar-refractivity contribution in [1.29, 1.82) is 0 Å². The summed E-state index contributed by atoms with van der Waals surface area (Å²) in [6.07, 6.45) is -1.03. The molecule has 1 amide bonds. The molecule has 2 aromatic rings. The van der Waals surface area contributed by atoms with Crippen molar-refractivity contribution < 1.29 is 19.7 Å². The van der Waals surface area contributed by atoms with E-state index in [0.29, 0.717) is 5.56 Å². The molecule has 0 radical (unpaired) electrons. The highest BCUT2D eigenvalue weighted by molar-refractivity contribution is 5.85. The topological polar surface area (TPSA) is 145 Å². The van der Waals surface area contributed by atoms with Crippen molar-refractivity contribution >= 4 is 17.5 Å². The lowest BCUT2D eigenvalue weighted by Crippen LogP contribution is -2.16. The van der Waals surface area contributed by atoms with Crippen molar-refractivity contribution in [2.75, 3.05) is 11.5 Å². The third-order valence-electron chi connectivity index (χ3n) is 2.70. The van der Waals surface area contributed by atoms with Gasteiger partial charge in [-0.05, 0) is 29.8 Å². The maximum absolute atomic E-state index is 10.9. The average molecular weight is 275 g/mol. The van der Waals surface area contributed by atoms with Gasteiger partial charge in [-0.3, -0.25) is 0 Å². The van der Waals surface area contributed by atoms with Gasteiger partial charge in [0.05, 0.1) is 16.9 Å². The van der Waals surface area contributed by atoms with Gasteiger partial charge in [0.2, 0.25) is 0 Å². The number of benzene rings is 2. The molecular weight excluding hydrogens is 262 g/mol. The second-order valence-electron chi connectivity index (χ2n) is 4.07. The van der Waals surface area contributed by atoms with Crippen molar-refractivity contribution in [3.63, 3.8) is 0 Å². The molecule has 0 saturated carbocycles. The smallest absolute Gasteiger partial charge is 0.409 e. The van der Waals surface area contributed by atoms with Crippen molar-refractivity contribution in [3.05, 3.63) is 30.3 Å². The summed E-state index contributed by atoms with van der Waals surface area (Å²) in [5, 5.41) is 19.7. The summed E-state index contributed by atoms with van der Waals surface area (Å²) in [6, 6.07) is 7.06. The van der Waals surface area contributed by atoms with Crippen LogP contribution in [-0.2, 0) is 0 Å². The molecule has 8 N–H and O–H groups in total. The number of hydrogen-bond acceptors (Lipinski definition) is 6. The van der Waals surface area contributed by atoms with E-state index in [2.05, 4.69) is 0 Å². The van der Waals surface area contributed by atoms with Gasteiger partial charge in [0, 0.05) is 0 Å². The Balaban J connectivity index is 2.66. The van der Waals surface area contributed by atoms with Crippen molar-refractivity contribution in [3.8, 4) is 28.4 Å². The molecule has 0 heterocycles. The van der Waals surface area contributed by atoms with Crippen LogP contribution in [0.2, 0.25) is 0 Å². The van der Waals surface area contributed by atoms with Crippen LogP contribution in [-0.4, -0.2) is 16.3 Å². The van der Waals surface area contributed by atoms with Crippen molar-refractivity contribution in [1.82, 2.24) is 0 Å². The number of phenolic OH excluding ortho intramolecular Hbond substituents is 2. The number of amides is 1. The first-order valence-corrected chi connectivity index (χ1v) is 5.57. The van der Waals surface area contributed by atoms with E-state index >= 15 is 0 Å². The standard InChI is InChI=1S/C13H13N3O4/c14-7-2-1-6(5-9(7)17)11-10(20-13(16)19)4-3-8(15)12(11)18/h1-5,17-18H,14-15H2,(H2,16,19). The predicted molar refractivity (Wildman–Crippen MR) is 74.2 cm³/mol. The van der Waals surface area contributed by atoms with Crippen molar-refractivity contribution in [2.24, 2.45) is 5.73 Å². The van der Waals surface area contributed by atoms with Crippen molar-refractivity contribution in [2.45, 2.75) is 0 Å². The minimum Gasteiger partial charge on any atom is -0.506 e. The van der Waals surface area contributed by atoms with Gasteiger partial charge in [-0.25, -0.2) is 4.79 Å². The zero-order valence-corrected chi connectivity index (χ0v) is 10.3. The number of carbonyl (C=O) groups is 1. The first kappa shape index (κ1) is 13.3. The zero-order chi connectivity index (χ0) is 14.9. The number of aromatic hydroxyl groups is 2. The lowest BCUT2D eigenvalue weighted by molar-refractivity contribution is 0.211. The van der Waals surface area contributed by atoms with Gasteiger partial charge in [-0.15, -0.1) is 0 Å². The third kappa shape index (κ3) is 2.37. The van der Waals surface area contributed by atoms with Gasteiger partial charge in [0.1, 0.15) is 17.2 Å². The molecule has 0 aliphatic heterocycles. The monoisotopic (exact) mass is 275 g/mol. The summed E-state index contributed by atoms with van der Waals surface area (Å²) in [5.41, 5.74) is 16.9. The molecule has 0 fully saturated rings. The molecule has 7 heteroatoms. The van der Waals surface area contributed by atoms with E-state index in [1.807, 2.05) is 0 Å². The number of ether oxygens (including phenoxy) is 1. The number of phenols is 2. The molecule has 104 valence electrons. The van der Waals surface area contributed by atoms with E-state index in [1.165, 1.54) is 30.3 Å². The van der Waals surface area contributed by atoms with Crippen LogP contribution in [0.1, 0.15) is 0 Å².